The molecule has 2 aromatic heterocycles. The Morgan fingerprint density at radius 3 is 2.71 bits per heavy atom. The van der Waals surface area contributed by atoms with Crippen LogP contribution in [0, 0.1) is 13.8 Å². The van der Waals surface area contributed by atoms with Gasteiger partial charge in [-0.1, -0.05) is 27.3 Å². The fourth-order valence-electron chi connectivity index (χ4n) is 3.03. The van der Waals surface area contributed by atoms with Crippen molar-refractivity contribution in [1.82, 2.24) is 19.8 Å². The number of benzene rings is 2. The molecular weight excluding hydrogens is 546 g/mol. The van der Waals surface area contributed by atoms with Crippen molar-refractivity contribution in [2.75, 3.05) is 12.4 Å². The molecule has 1 amide bonds. The highest BCUT2D eigenvalue weighted by atomic mass is 79.9. The number of amides is 1. The van der Waals surface area contributed by atoms with Crippen molar-refractivity contribution in [3.63, 3.8) is 0 Å². The second-order valence-corrected chi connectivity index (χ2v) is 9.44. The number of methoxy groups -OCH3 is 1. The summed E-state index contributed by atoms with van der Waals surface area (Å²) in [5, 5.41) is 16.4. The summed E-state index contributed by atoms with van der Waals surface area (Å²) in [6.45, 7) is 3.81. The fraction of sp³-hybridized carbons (Fsp3) is 0.143. The first-order valence-corrected chi connectivity index (χ1v) is 11.6. The zero-order valence-corrected chi connectivity index (χ0v) is 20.8. The lowest BCUT2D eigenvalue weighted by molar-refractivity contribution is -0.111. The van der Waals surface area contributed by atoms with Gasteiger partial charge in [0.15, 0.2) is 5.82 Å². The number of nitrogens with zero attached hydrogens (tertiary/aromatic N) is 4. The highest BCUT2D eigenvalue weighted by Crippen LogP contribution is 2.33. The summed E-state index contributed by atoms with van der Waals surface area (Å²) in [6.07, 6.45) is 3.20. The SMILES string of the molecule is COc1c(Br)cc(Br)cc1C=CC(=O)Nc1ccc(-c2nn3c(C)nnc3s2)cc1C. The molecule has 7 nitrogen and oxygen atoms in total. The lowest BCUT2D eigenvalue weighted by Gasteiger charge is -2.09. The number of halogens is 2. The Morgan fingerprint density at radius 1 is 1.19 bits per heavy atom. The summed E-state index contributed by atoms with van der Waals surface area (Å²) >= 11 is 8.39. The number of carbonyl (C=O) groups is 1. The molecule has 31 heavy (non-hydrogen) atoms. The number of fused-ring (bicyclic) bond motifs is 1. The van der Waals surface area contributed by atoms with E-state index in [0.717, 1.165) is 47.1 Å². The molecule has 0 radical (unpaired) electrons. The van der Waals surface area contributed by atoms with E-state index in [1.807, 2.05) is 44.2 Å². The first kappa shape index (κ1) is 21.7. The minimum atomic E-state index is -0.233. The molecule has 4 rings (SSSR count). The smallest absolute Gasteiger partial charge is 0.248 e. The van der Waals surface area contributed by atoms with E-state index in [0.29, 0.717) is 5.75 Å². The molecule has 0 saturated carbocycles. The Bertz CT molecular complexity index is 1330. The van der Waals surface area contributed by atoms with E-state index in [1.165, 1.54) is 17.4 Å². The largest absolute Gasteiger partial charge is 0.495 e. The van der Waals surface area contributed by atoms with Gasteiger partial charge in [0.2, 0.25) is 10.9 Å². The second kappa shape index (κ2) is 8.89. The Morgan fingerprint density at radius 2 is 2.00 bits per heavy atom. The van der Waals surface area contributed by atoms with Crippen LogP contribution >= 0.6 is 43.2 Å². The zero-order valence-electron chi connectivity index (χ0n) is 16.8. The monoisotopic (exact) mass is 561 g/mol. The van der Waals surface area contributed by atoms with Crippen LogP contribution in [0.2, 0.25) is 0 Å². The number of hydrogen-bond acceptors (Lipinski definition) is 6. The molecule has 2 heterocycles. The predicted octanol–water partition coefficient (Wildman–Crippen LogP) is 5.66. The Kier molecular flexibility index (Phi) is 6.22. The van der Waals surface area contributed by atoms with Crippen LogP contribution in [0.25, 0.3) is 21.6 Å². The first-order valence-electron chi connectivity index (χ1n) is 9.17. The molecule has 4 aromatic rings. The number of aromatic nitrogens is 4. The molecule has 0 atom stereocenters. The highest BCUT2D eigenvalue weighted by Gasteiger charge is 2.12. The molecule has 0 spiro atoms. The van der Waals surface area contributed by atoms with Crippen LogP contribution in [0.4, 0.5) is 5.69 Å². The minimum absolute atomic E-state index is 0.233. The normalized spacial score (nSPS) is 11.4. The quantitative estimate of drug-likeness (QED) is 0.318. The molecule has 0 aliphatic carbocycles. The number of carbonyl (C=O) groups excluding carboxylic acids is 1. The van der Waals surface area contributed by atoms with E-state index < -0.39 is 0 Å². The summed E-state index contributed by atoms with van der Waals surface area (Å²) in [6, 6.07) is 9.58. The Balaban J connectivity index is 1.52. The van der Waals surface area contributed by atoms with Crippen LogP contribution in [0.3, 0.4) is 0 Å². The van der Waals surface area contributed by atoms with Crippen LogP contribution in [0.5, 0.6) is 5.75 Å². The third-order valence-corrected chi connectivity index (χ3v) is 6.53. The van der Waals surface area contributed by atoms with Gasteiger partial charge in [-0.15, -0.1) is 10.2 Å². The topological polar surface area (TPSA) is 81.4 Å². The van der Waals surface area contributed by atoms with Crippen LogP contribution in [-0.2, 0) is 4.79 Å². The van der Waals surface area contributed by atoms with Gasteiger partial charge >= 0.3 is 0 Å². The zero-order chi connectivity index (χ0) is 22.1. The van der Waals surface area contributed by atoms with E-state index in [2.05, 4.69) is 52.5 Å². The summed E-state index contributed by atoms with van der Waals surface area (Å²) in [5.74, 6) is 1.18. The number of anilines is 1. The molecule has 0 aliphatic rings. The maximum absolute atomic E-state index is 12.5. The van der Waals surface area contributed by atoms with Crippen molar-refractivity contribution in [1.29, 1.82) is 0 Å². The molecule has 2 aromatic carbocycles. The summed E-state index contributed by atoms with van der Waals surface area (Å²) in [5.41, 5.74) is 3.42. The van der Waals surface area contributed by atoms with E-state index in [9.17, 15) is 4.79 Å². The molecule has 0 fully saturated rings. The van der Waals surface area contributed by atoms with Crippen LogP contribution < -0.4 is 10.1 Å². The van der Waals surface area contributed by atoms with Crippen molar-refractivity contribution in [2.45, 2.75) is 13.8 Å². The molecule has 0 bridgehead atoms. The third kappa shape index (κ3) is 4.56. The van der Waals surface area contributed by atoms with Crippen molar-refractivity contribution in [2.24, 2.45) is 0 Å². The van der Waals surface area contributed by atoms with Crippen molar-refractivity contribution in [3.05, 3.63) is 62.3 Å². The Labute approximate surface area is 199 Å². The van der Waals surface area contributed by atoms with E-state index >= 15 is 0 Å². The minimum Gasteiger partial charge on any atom is -0.495 e. The number of hydrogen-bond donors (Lipinski definition) is 1. The van der Waals surface area contributed by atoms with Gasteiger partial charge in [-0.25, -0.2) is 0 Å². The summed E-state index contributed by atoms with van der Waals surface area (Å²) in [4.78, 5) is 13.2. The molecule has 0 aliphatic heterocycles. The molecule has 158 valence electrons. The van der Waals surface area contributed by atoms with E-state index in [4.69, 9.17) is 4.74 Å². The lowest BCUT2D eigenvalue weighted by Crippen LogP contribution is -2.09. The van der Waals surface area contributed by atoms with Crippen LogP contribution in [0.1, 0.15) is 17.0 Å². The number of ether oxygens (including phenoxy) is 1. The van der Waals surface area contributed by atoms with E-state index in [1.54, 1.807) is 17.7 Å². The summed E-state index contributed by atoms with van der Waals surface area (Å²) in [7, 11) is 1.59. The molecule has 1 N–H and O–H groups in total. The van der Waals surface area contributed by atoms with Gasteiger partial charge in [0.1, 0.15) is 10.8 Å². The van der Waals surface area contributed by atoms with Gasteiger partial charge in [0.05, 0.1) is 11.6 Å². The van der Waals surface area contributed by atoms with Gasteiger partial charge in [0.25, 0.3) is 0 Å². The molecule has 0 unspecified atom stereocenters. The standard InChI is InChI=1S/C21H17Br2N5O2S/c1-11-8-14(20-27-28-12(2)25-26-21(28)31-20)4-6-17(11)24-18(29)7-5-13-9-15(22)10-16(23)19(13)30-3/h4-10H,1-3H3,(H,24,29). The average Bonchev–Trinajstić information content (AvgIpc) is 3.30. The van der Waals surface area contributed by atoms with Crippen LogP contribution in [0.15, 0.2) is 45.4 Å². The highest BCUT2D eigenvalue weighted by molar-refractivity contribution is 9.11. The molecule has 10 heteroatoms. The number of nitrogens with one attached hydrogen (secondary N) is 1. The summed E-state index contributed by atoms with van der Waals surface area (Å²) < 4.78 is 8.82. The predicted molar refractivity (Wildman–Crippen MR) is 130 cm³/mol. The van der Waals surface area contributed by atoms with Gasteiger partial charge in [-0.3, -0.25) is 4.79 Å². The fourth-order valence-corrected chi connectivity index (χ4v) is 5.33. The van der Waals surface area contributed by atoms with Gasteiger partial charge in [-0.05, 0) is 71.7 Å². The first-order chi connectivity index (χ1) is 14.9. The van der Waals surface area contributed by atoms with Crippen molar-refractivity contribution < 1.29 is 9.53 Å². The number of rotatable bonds is 5. The molecule has 0 saturated heterocycles. The van der Waals surface area contributed by atoms with Crippen LogP contribution in [-0.4, -0.2) is 32.8 Å². The lowest BCUT2D eigenvalue weighted by atomic mass is 10.1. The van der Waals surface area contributed by atoms with Gasteiger partial charge in [0, 0.05) is 27.4 Å². The average molecular weight is 563 g/mol. The van der Waals surface area contributed by atoms with E-state index in [-0.39, 0.29) is 5.91 Å². The maximum Gasteiger partial charge on any atom is 0.248 e. The van der Waals surface area contributed by atoms with Crippen molar-refractivity contribution in [3.8, 4) is 16.3 Å². The molecular formula is C21H17Br2N5O2S. The third-order valence-electron chi connectivity index (χ3n) is 4.53. The Hall–Kier alpha value is -2.56. The van der Waals surface area contributed by atoms with Gasteiger partial charge < -0.3 is 10.1 Å². The maximum atomic E-state index is 12.5. The second-order valence-electron chi connectivity index (χ2n) is 6.71. The van der Waals surface area contributed by atoms with Gasteiger partial charge in [-0.2, -0.15) is 9.61 Å². The number of aryl methyl sites for hydroxylation is 2. The van der Waals surface area contributed by atoms with Crippen molar-refractivity contribution >= 4 is 65.8 Å².